The van der Waals surface area contributed by atoms with Crippen molar-refractivity contribution >= 4 is 10.0 Å². The molecule has 3 N–H and O–H groups in total. The number of nitrogens with zero attached hydrogens (tertiary/aromatic N) is 1. The summed E-state index contributed by atoms with van der Waals surface area (Å²) in [5.41, 5.74) is 7.24. The first-order chi connectivity index (χ1) is 8.28. The molecule has 102 valence electrons. The van der Waals surface area contributed by atoms with Crippen LogP contribution < -0.4 is 5.73 Å². The van der Waals surface area contributed by atoms with Crippen molar-refractivity contribution < 1.29 is 13.5 Å². The summed E-state index contributed by atoms with van der Waals surface area (Å²) >= 11 is 0. The zero-order chi connectivity index (χ0) is 13.9. The Hall–Kier alpha value is -0.950. The first-order valence-electron chi connectivity index (χ1n) is 5.70. The number of aliphatic hydroxyl groups excluding tert-OH is 1. The number of benzene rings is 1. The Labute approximate surface area is 108 Å². The Morgan fingerprint density at radius 2 is 1.94 bits per heavy atom. The summed E-state index contributed by atoms with van der Waals surface area (Å²) in [4.78, 5) is 0.234. The Bertz CT molecular complexity index is 514. The molecule has 1 aromatic rings. The molecule has 0 aliphatic heterocycles. The number of hydrogen-bond acceptors (Lipinski definition) is 4. The van der Waals surface area contributed by atoms with E-state index in [1.54, 1.807) is 18.2 Å². The number of likely N-dealkylation sites (N-methyl/N-ethyl adjacent to an activating group) is 1. The number of nitrogens with two attached hydrogens (primary N) is 1. The third kappa shape index (κ3) is 3.29. The van der Waals surface area contributed by atoms with Gasteiger partial charge in [0.15, 0.2) is 0 Å². The van der Waals surface area contributed by atoms with E-state index in [0.717, 1.165) is 15.4 Å². The predicted molar refractivity (Wildman–Crippen MR) is 70.8 cm³/mol. The summed E-state index contributed by atoms with van der Waals surface area (Å²) in [5.74, 6) is 0. The average Bonchev–Trinajstić information content (AvgIpc) is 2.32. The number of aryl methyl sites for hydroxylation is 2. The molecule has 1 atom stereocenters. The summed E-state index contributed by atoms with van der Waals surface area (Å²) in [6, 6.07) is 4.98. The molecule has 0 aliphatic carbocycles. The molecule has 6 heteroatoms. The second-order valence-electron chi connectivity index (χ2n) is 4.42. The van der Waals surface area contributed by atoms with Crippen molar-refractivity contribution in [1.82, 2.24) is 4.31 Å². The fourth-order valence-corrected chi connectivity index (χ4v) is 2.82. The predicted octanol–water partition coefficient (Wildman–Crippen LogP) is 0.244. The van der Waals surface area contributed by atoms with Crippen LogP contribution in [0.2, 0.25) is 0 Å². The molecule has 18 heavy (non-hydrogen) atoms. The van der Waals surface area contributed by atoms with Gasteiger partial charge in [0.1, 0.15) is 0 Å². The van der Waals surface area contributed by atoms with E-state index >= 15 is 0 Å². The molecule has 0 bridgehead atoms. The molecule has 0 radical (unpaired) electrons. The molecular weight excluding hydrogens is 252 g/mol. The molecule has 0 fully saturated rings. The highest BCUT2D eigenvalue weighted by atomic mass is 32.2. The van der Waals surface area contributed by atoms with Crippen molar-refractivity contribution in [1.29, 1.82) is 0 Å². The maximum absolute atomic E-state index is 12.2. The molecule has 1 rings (SSSR count). The Kier molecular flexibility index (Phi) is 4.86. The molecule has 0 amide bonds. The van der Waals surface area contributed by atoms with Crippen LogP contribution in [0.25, 0.3) is 0 Å². The van der Waals surface area contributed by atoms with E-state index in [1.165, 1.54) is 7.05 Å². The van der Waals surface area contributed by atoms with E-state index in [9.17, 15) is 13.5 Å². The molecule has 0 spiro atoms. The number of hydrogen-bond donors (Lipinski definition) is 2. The normalized spacial score (nSPS) is 13.9. The van der Waals surface area contributed by atoms with E-state index in [1.807, 2.05) is 13.8 Å². The maximum Gasteiger partial charge on any atom is 0.242 e. The molecule has 1 unspecified atom stereocenters. The van der Waals surface area contributed by atoms with E-state index in [2.05, 4.69) is 0 Å². The van der Waals surface area contributed by atoms with Crippen molar-refractivity contribution in [2.45, 2.75) is 24.8 Å². The van der Waals surface area contributed by atoms with Gasteiger partial charge in [-0.2, -0.15) is 4.31 Å². The minimum absolute atomic E-state index is 0.00818. The third-order valence-electron chi connectivity index (χ3n) is 2.93. The fraction of sp³-hybridized carbons (Fsp3) is 0.500. The number of sulfonamides is 1. The summed E-state index contributed by atoms with van der Waals surface area (Å²) in [7, 11) is -2.13. The third-order valence-corrected chi connectivity index (χ3v) is 4.75. The zero-order valence-electron chi connectivity index (χ0n) is 10.9. The number of aliphatic hydroxyl groups is 1. The van der Waals surface area contributed by atoms with Gasteiger partial charge in [-0.15, -0.1) is 0 Å². The highest BCUT2D eigenvalue weighted by Gasteiger charge is 2.22. The molecule has 0 saturated carbocycles. The summed E-state index contributed by atoms with van der Waals surface area (Å²) < 4.78 is 25.6. The van der Waals surface area contributed by atoms with Gasteiger partial charge in [-0.3, -0.25) is 0 Å². The molecule has 0 heterocycles. The van der Waals surface area contributed by atoms with Crippen LogP contribution in [-0.2, 0) is 10.0 Å². The van der Waals surface area contributed by atoms with Crippen molar-refractivity contribution in [3.05, 3.63) is 29.3 Å². The first-order valence-corrected chi connectivity index (χ1v) is 7.14. The Morgan fingerprint density at radius 3 is 2.44 bits per heavy atom. The largest absolute Gasteiger partial charge is 0.390 e. The van der Waals surface area contributed by atoms with Gasteiger partial charge in [-0.1, -0.05) is 6.07 Å². The second kappa shape index (κ2) is 5.79. The van der Waals surface area contributed by atoms with Crippen LogP contribution in [0.1, 0.15) is 11.1 Å². The van der Waals surface area contributed by atoms with Crippen LogP contribution in [0.15, 0.2) is 23.1 Å². The second-order valence-corrected chi connectivity index (χ2v) is 6.47. The minimum Gasteiger partial charge on any atom is -0.390 e. The lowest BCUT2D eigenvalue weighted by molar-refractivity contribution is 0.160. The van der Waals surface area contributed by atoms with Crippen LogP contribution in [0.4, 0.5) is 0 Å². The topological polar surface area (TPSA) is 83.6 Å². The smallest absolute Gasteiger partial charge is 0.242 e. The first kappa shape index (κ1) is 15.1. The van der Waals surface area contributed by atoms with Gasteiger partial charge in [0.2, 0.25) is 10.0 Å². The summed E-state index contributed by atoms with van der Waals surface area (Å²) in [6.45, 7) is 3.81. The number of rotatable bonds is 5. The average molecular weight is 272 g/mol. The fourth-order valence-electron chi connectivity index (χ4n) is 1.52. The molecule has 1 aromatic carbocycles. The lowest BCUT2D eigenvalue weighted by Crippen LogP contribution is -2.37. The van der Waals surface area contributed by atoms with Gasteiger partial charge in [0.25, 0.3) is 0 Å². The van der Waals surface area contributed by atoms with Crippen LogP contribution in [0, 0.1) is 13.8 Å². The van der Waals surface area contributed by atoms with Gasteiger partial charge in [0, 0.05) is 20.1 Å². The van der Waals surface area contributed by atoms with Gasteiger partial charge in [0.05, 0.1) is 11.0 Å². The van der Waals surface area contributed by atoms with Gasteiger partial charge < -0.3 is 10.8 Å². The molecule has 0 aromatic heterocycles. The van der Waals surface area contributed by atoms with Crippen molar-refractivity contribution in [2.24, 2.45) is 5.73 Å². The zero-order valence-corrected chi connectivity index (χ0v) is 11.7. The van der Waals surface area contributed by atoms with Crippen LogP contribution in [0.5, 0.6) is 0 Å². The lowest BCUT2D eigenvalue weighted by Gasteiger charge is -2.20. The van der Waals surface area contributed by atoms with E-state index in [-0.39, 0.29) is 18.0 Å². The molecule has 0 aliphatic rings. The van der Waals surface area contributed by atoms with E-state index in [0.29, 0.717) is 0 Å². The van der Waals surface area contributed by atoms with Gasteiger partial charge in [-0.25, -0.2) is 8.42 Å². The SMILES string of the molecule is Cc1ccc(S(=O)(=O)N(C)CC(O)CN)cc1C. The Balaban J connectivity index is 3.02. The van der Waals surface area contributed by atoms with Crippen molar-refractivity contribution in [2.75, 3.05) is 20.1 Å². The Morgan fingerprint density at radius 1 is 1.33 bits per heavy atom. The van der Waals surface area contributed by atoms with Crippen LogP contribution in [-0.4, -0.2) is 44.1 Å². The van der Waals surface area contributed by atoms with Crippen molar-refractivity contribution in [3.8, 4) is 0 Å². The highest BCUT2D eigenvalue weighted by Crippen LogP contribution is 2.18. The van der Waals surface area contributed by atoms with Crippen LogP contribution >= 0.6 is 0 Å². The summed E-state index contributed by atoms with van der Waals surface area (Å²) in [6.07, 6.45) is -0.851. The summed E-state index contributed by atoms with van der Waals surface area (Å²) in [5, 5.41) is 9.41. The minimum atomic E-state index is -3.57. The lowest BCUT2D eigenvalue weighted by atomic mass is 10.1. The quantitative estimate of drug-likeness (QED) is 0.804. The maximum atomic E-state index is 12.2. The highest BCUT2D eigenvalue weighted by molar-refractivity contribution is 7.89. The van der Waals surface area contributed by atoms with E-state index in [4.69, 9.17) is 5.73 Å². The van der Waals surface area contributed by atoms with E-state index < -0.39 is 16.1 Å². The molecular formula is C12H20N2O3S. The molecule has 5 nitrogen and oxygen atoms in total. The van der Waals surface area contributed by atoms with Gasteiger partial charge >= 0.3 is 0 Å². The van der Waals surface area contributed by atoms with Crippen LogP contribution in [0.3, 0.4) is 0 Å². The van der Waals surface area contributed by atoms with Crippen molar-refractivity contribution in [3.63, 3.8) is 0 Å². The standard InChI is InChI=1S/C12H20N2O3S/c1-9-4-5-12(6-10(9)2)18(16,17)14(3)8-11(15)7-13/h4-6,11,15H,7-8,13H2,1-3H3. The monoisotopic (exact) mass is 272 g/mol. The van der Waals surface area contributed by atoms with Gasteiger partial charge in [-0.05, 0) is 37.1 Å². The molecule has 0 saturated heterocycles.